The summed E-state index contributed by atoms with van der Waals surface area (Å²) in [5, 5.41) is 6.74. The fourth-order valence-electron chi connectivity index (χ4n) is 3.66. The molecule has 1 aliphatic heterocycles. The molecule has 2 heterocycles. The van der Waals surface area contributed by atoms with Crippen LogP contribution in [0.5, 0.6) is 0 Å². The van der Waals surface area contributed by atoms with Crippen LogP contribution in [0.1, 0.15) is 38.1 Å². The second kappa shape index (κ2) is 6.51. The molecule has 2 aliphatic rings. The predicted molar refractivity (Wildman–Crippen MR) is 86.9 cm³/mol. The van der Waals surface area contributed by atoms with Crippen LogP contribution in [0.25, 0.3) is 0 Å². The van der Waals surface area contributed by atoms with Gasteiger partial charge >= 0.3 is 6.03 Å². The van der Waals surface area contributed by atoms with Gasteiger partial charge in [0.2, 0.25) is 0 Å². The lowest BCUT2D eigenvalue weighted by Crippen LogP contribution is -2.52. The first-order chi connectivity index (χ1) is 10.9. The number of hydrogen-bond donors (Lipinski definition) is 1. The van der Waals surface area contributed by atoms with Crippen molar-refractivity contribution in [1.29, 1.82) is 0 Å². The Balaban J connectivity index is 1.60. The van der Waals surface area contributed by atoms with Crippen molar-refractivity contribution in [2.75, 3.05) is 19.3 Å². The lowest BCUT2D eigenvalue weighted by molar-refractivity contribution is 0.199. The van der Waals surface area contributed by atoms with Gasteiger partial charge in [0.1, 0.15) is 0 Å². The van der Waals surface area contributed by atoms with E-state index >= 15 is 0 Å². The first-order valence-corrected chi connectivity index (χ1v) is 10.1. The fraction of sp³-hybridized carbons (Fsp3) is 0.733. The molecule has 1 aromatic heterocycles. The second-order valence-electron chi connectivity index (χ2n) is 6.58. The summed E-state index contributed by atoms with van der Waals surface area (Å²) in [5.74, 6) is 0. The molecular formula is C15H24N4O3S. The third kappa shape index (κ3) is 3.68. The zero-order valence-electron chi connectivity index (χ0n) is 13.4. The quantitative estimate of drug-likeness (QED) is 0.896. The second-order valence-corrected chi connectivity index (χ2v) is 8.85. The average molecular weight is 340 g/mol. The molecule has 8 heteroatoms. The van der Waals surface area contributed by atoms with Crippen molar-refractivity contribution < 1.29 is 13.2 Å². The van der Waals surface area contributed by atoms with E-state index in [0.717, 1.165) is 25.7 Å². The number of carbonyl (C=O) groups excluding carboxylic acids is 1. The van der Waals surface area contributed by atoms with Crippen molar-refractivity contribution in [3.63, 3.8) is 0 Å². The minimum Gasteiger partial charge on any atom is -0.334 e. The highest BCUT2D eigenvalue weighted by atomic mass is 32.2. The number of likely N-dealkylation sites (tertiary alicyclic amines) is 1. The Morgan fingerprint density at radius 2 is 2.04 bits per heavy atom. The topological polar surface area (TPSA) is 84.3 Å². The summed E-state index contributed by atoms with van der Waals surface area (Å²) in [6.07, 6.45) is 9.04. The molecule has 128 valence electrons. The molecule has 1 unspecified atom stereocenters. The molecule has 23 heavy (non-hydrogen) atoms. The highest BCUT2D eigenvalue weighted by molar-refractivity contribution is 7.91. The van der Waals surface area contributed by atoms with E-state index in [4.69, 9.17) is 0 Å². The molecule has 1 saturated carbocycles. The molecule has 1 saturated heterocycles. The molecule has 2 fully saturated rings. The number of aromatic nitrogens is 2. The van der Waals surface area contributed by atoms with Crippen LogP contribution in [0.15, 0.2) is 18.5 Å². The maximum atomic E-state index is 12.5. The van der Waals surface area contributed by atoms with Crippen LogP contribution in [0.2, 0.25) is 0 Å². The van der Waals surface area contributed by atoms with Gasteiger partial charge in [-0.2, -0.15) is 5.10 Å². The molecule has 7 nitrogen and oxygen atoms in total. The number of sulfone groups is 1. The van der Waals surface area contributed by atoms with Gasteiger partial charge in [-0.15, -0.1) is 0 Å². The van der Waals surface area contributed by atoms with Gasteiger partial charge < -0.3 is 10.2 Å². The predicted octanol–water partition coefficient (Wildman–Crippen LogP) is 1.20. The number of rotatable bonds is 3. The van der Waals surface area contributed by atoms with Crippen LogP contribution in [0.4, 0.5) is 4.79 Å². The van der Waals surface area contributed by atoms with E-state index in [9.17, 15) is 13.2 Å². The van der Waals surface area contributed by atoms with Crippen molar-refractivity contribution in [3.05, 3.63) is 18.5 Å². The molecule has 1 N–H and O–H groups in total. The zero-order valence-corrected chi connectivity index (χ0v) is 14.2. The van der Waals surface area contributed by atoms with Crippen molar-refractivity contribution in [1.82, 2.24) is 20.0 Å². The highest BCUT2D eigenvalue weighted by Gasteiger charge is 2.35. The number of amides is 2. The monoisotopic (exact) mass is 340 g/mol. The Labute approximate surface area is 137 Å². The molecule has 0 spiro atoms. The molecule has 1 aromatic rings. The molecule has 2 amide bonds. The van der Waals surface area contributed by atoms with Gasteiger partial charge in [-0.25, -0.2) is 13.2 Å². The summed E-state index contributed by atoms with van der Waals surface area (Å²) < 4.78 is 25.7. The first kappa shape index (κ1) is 16.3. The van der Waals surface area contributed by atoms with Gasteiger partial charge in [0, 0.05) is 37.8 Å². The summed E-state index contributed by atoms with van der Waals surface area (Å²) >= 11 is 0. The lowest BCUT2D eigenvalue weighted by Gasteiger charge is -2.32. The Bertz CT molecular complexity index is 644. The van der Waals surface area contributed by atoms with E-state index in [2.05, 4.69) is 10.4 Å². The minimum atomic E-state index is -3.14. The van der Waals surface area contributed by atoms with Crippen LogP contribution in [0.3, 0.4) is 0 Å². The first-order valence-electron chi connectivity index (χ1n) is 8.18. The van der Waals surface area contributed by atoms with Crippen molar-refractivity contribution in [2.45, 2.75) is 49.4 Å². The van der Waals surface area contributed by atoms with Crippen LogP contribution in [0, 0.1) is 0 Å². The zero-order chi connectivity index (χ0) is 16.4. The van der Waals surface area contributed by atoms with Gasteiger partial charge in [0.15, 0.2) is 9.84 Å². The van der Waals surface area contributed by atoms with Gasteiger partial charge in [0.05, 0.1) is 11.3 Å². The standard InChI is InChI=1S/C15H24N4O3S/c1-23(21,22)14-6-3-2-5-13(14)17-15(20)18-10-7-12(11-18)19-9-4-8-16-19/h4,8-9,12-14H,2-3,5-7,10-11H2,1H3,(H,17,20)/t12?,13-,14-/m1/s1. The number of hydrogen-bond acceptors (Lipinski definition) is 4. The molecule has 1 aliphatic carbocycles. The molecule has 0 radical (unpaired) electrons. The average Bonchev–Trinajstić information content (AvgIpc) is 3.18. The lowest BCUT2D eigenvalue weighted by atomic mass is 9.95. The van der Waals surface area contributed by atoms with Gasteiger partial charge in [-0.05, 0) is 25.3 Å². The summed E-state index contributed by atoms with van der Waals surface area (Å²) in [6.45, 7) is 1.29. The maximum Gasteiger partial charge on any atom is 0.317 e. The molecule has 3 rings (SSSR count). The van der Waals surface area contributed by atoms with Crippen LogP contribution in [-0.2, 0) is 9.84 Å². The Morgan fingerprint density at radius 1 is 1.26 bits per heavy atom. The van der Waals surface area contributed by atoms with E-state index in [1.54, 1.807) is 11.1 Å². The van der Waals surface area contributed by atoms with Crippen molar-refractivity contribution >= 4 is 15.9 Å². The highest BCUT2D eigenvalue weighted by Crippen LogP contribution is 2.25. The summed E-state index contributed by atoms with van der Waals surface area (Å²) in [6, 6.07) is 1.66. The number of urea groups is 1. The van der Waals surface area contributed by atoms with E-state index < -0.39 is 15.1 Å². The SMILES string of the molecule is CS(=O)(=O)[C@@H]1CCCC[C@H]1NC(=O)N1CCC(n2cccn2)C1. The van der Waals surface area contributed by atoms with Gasteiger partial charge in [-0.3, -0.25) is 4.68 Å². The van der Waals surface area contributed by atoms with E-state index in [0.29, 0.717) is 19.5 Å². The Morgan fingerprint density at radius 3 is 2.74 bits per heavy atom. The van der Waals surface area contributed by atoms with E-state index in [1.807, 2.05) is 16.9 Å². The van der Waals surface area contributed by atoms with Crippen LogP contribution >= 0.6 is 0 Å². The molecule has 0 aromatic carbocycles. The third-order valence-electron chi connectivity index (χ3n) is 4.91. The van der Waals surface area contributed by atoms with Crippen molar-refractivity contribution in [3.8, 4) is 0 Å². The summed E-state index contributed by atoms with van der Waals surface area (Å²) in [7, 11) is -3.14. The number of nitrogens with one attached hydrogen (secondary N) is 1. The third-order valence-corrected chi connectivity index (χ3v) is 6.58. The fourth-order valence-corrected chi connectivity index (χ4v) is 5.06. The largest absolute Gasteiger partial charge is 0.334 e. The summed E-state index contributed by atoms with van der Waals surface area (Å²) in [4.78, 5) is 14.3. The normalized spacial score (nSPS) is 28.7. The van der Waals surface area contributed by atoms with E-state index in [-0.39, 0.29) is 18.1 Å². The summed E-state index contributed by atoms with van der Waals surface area (Å²) in [5.41, 5.74) is 0. The van der Waals surface area contributed by atoms with Gasteiger partial charge in [0.25, 0.3) is 0 Å². The maximum absolute atomic E-state index is 12.5. The molecule has 0 bridgehead atoms. The Hall–Kier alpha value is -1.57. The smallest absolute Gasteiger partial charge is 0.317 e. The Kier molecular flexibility index (Phi) is 4.61. The minimum absolute atomic E-state index is 0.153. The van der Waals surface area contributed by atoms with Gasteiger partial charge in [-0.1, -0.05) is 12.8 Å². The van der Waals surface area contributed by atoms with Crippen LogP contribution < -0.4 is 5.32 Å². The molecule has 3 atom stereocenters. The van der Waals surface area contributed by atoms with Crippen LogP contribution in [-0.4, -0.2) is 59.8 Å². The number of carbonyl (C=O) groups is 1. The van der Waals surface area contributed by atoms with E-state index in [1.165, 1.54) is 6.26 Å². The molecular weight excluding hydrogens is 316 g/mol. The number of nitrogens with zero attached hydrogens (tertiary/aromatic N) is 3. The van der Waals surface area contributed by atoms with Crippen molar-refractivity contribution in [2.24, 2.45) is 0 Å².